The first-order valence-corrected chi connectivity index (χ1v) is 5.85. The van der Waals surface area contributed by atoms with Crippen molar-refractivity contribution in [3.8, 4) is 0 Å². The summed E-state index contributed by atoms with van der Waals surface area (Å²) in [5.41, 5.74) is 0.606. The van der Waals surface area contributed by atoms with E-state index >= 15 is 0 Å². The summed E-state index contributed by atoms with van der Waals surface area (Å²) >= 11 is 3.18. The molecule has 0 aliphatic heterocycles. The van der Waals surface area contributed by atoms with E-state index in [1.165, 1.54) is 7.11 Å². The lowest BCUT2D eigenvalue weighted by Crippen LogP contribution is -2.09. The molecule has 0 atom stereocenters. The van der Waals surface area contributed by atoms with Gasteiger partial charge >= 0.3 is 5.97 Å². The average molecular weight is 305 g/mol. The lowest BCUT2D eigenvalue weighted by molar-refractivity contribution is -0.145. The Bertz CT molecular complexity index is 403. The van der Waals surface area contributed by atoms with E-state index in [4.69, 9.17) is 9.36 Å². The summed E-state index contributed by atoms with van der Waals surface area (Å²) in [6, 6.07) is 1.69. The summed E-state index contributed by atoms with van der Waals surface area (Å²) in [6.07, 6.45) is 1.54. The Balaban J connectivity index is 2.65. The molecule has 1 aromatic rings. The fourth-order valence-corrected chi connectivity index (χ4v) is 1.34. The molecule has 0 unspecified atom stereocenters. The standard InChI is InChI=1S/C10H13BrN2O4/c1-3-4-7(8-5-9(11)13-17-8)12-16-6-10(14)15-2/h5H,3-4,6H2,1-2H3/b12-7-. The largest absolute Gasteiger partial charge is 0.466 e. The van der Waals surface area contributed by atoms with Crippen molar-refractivity contribution in [3.63, 3.8) is 0 Å². The first-order chi connectivity index (χ1) is 8.17. The van der Waals surface area contributed by atoms with Gasteiger partial charge in [-0.25, -0.2) is 4.79 Å². The molecule has 0 saturated carbocycles. The highest BCUT2D eigenvalue weighted by Crippen LogP contribution is 2.13. The number of halogens is 1. The van der Waals surface area contributed by atoms with Gasteiger partial charge in [-0.3, -0.25) is 0 Å². The Labute approximate surface area is 107 Å². The Morgan fingerprint density at radius 1 is 1.65 bits per heavy atom. The van der Waals surface area contributed by atoms with Crippen LogP contribution in [0.5, 0.6) is 0 Å². The van der Waals surface area contributed by atoms with Crippen LogP contribution in [-0.4, -0.2) is 30.6 Å². The second-order valence-corrected chi connectivity index (χ2v) is 3.96. The molecule has 0 spiro atoms. The number of rotatable bonds is 6. The Kier molecular flexibility index (Phi) is 5.68. The molecule has 17 heavy (non-hydrogen) atoms. The van der Waals surface area contributed by atoms with Crippen LogP contribution in [0.3, 0.4) is 0 Å². The third-order valence-electron chi connectivity index (χ3n) is 1.84. The van der Waals surface area contributed by atoms with Crippen LogP contribution < -0.4 is 0 Å². The summed E-state index contributed by atoms with van der Waals surface area (Å²) in [7, 11) is 1.29. The Hall–Kier alpha value is -1.37. The predicted octanol–water partition coefficient (Wildman–Crippen LogP) is 2.13. The van der Waals surface area contributed by atoms with Gasteiger partial charge in [-0.15, -0.1) is 0 Å². The molecule has 1 aromatic heterocycles. The normalized spacial score (nSPS) is 11.4. The second kappa shape index (κ2) is 7.05. The molecule has 7 heteroatoms. The maximum atomic E-state index is 10.8. The highest BCUT2D eigenvalue weighted by atomic mass is 79.9. The van der Waals surface area contributed by atoms with Crippen molar-refractivity contribution < 1.29 is 18.9 Å². The number of carbonyl (C=O) groups excluding carboxylic acids is 1. The van der Waals surface area contributed by atoms with Gasteiger partial charge in [0.15, 0.2) is 5.76 Å². The van der Waals surface area contributed by atoms with Gasteiger partial charge in [0.1, 0.15) is 10.3 Å². The number of oxime groups is 1. The van der Waals surface area contributed by atoms with Gasteiger partial charge < -0.3 is 14.1 Å². The van der Waals surface area contributed by atoms with Gasteiger partial charge in [-0.1, -0.05) is 23.7 Å². The summed E-state index contributed by atoms with van der Waals surface area (Å²) < 4.78 is 10.1. The van der Waals surface area contributed by atoms with E-state index in [-0.39, 0.29) is 6.61 Å². The van der Waals surface area contributed by atoms with Crippen molar-refractivity contribution >= 4 is 27.6 Å². The third-order valence-corrected chi connectivity index (χ3v) is 2.21. The van der Waals surface area contributed by atoms with Crippen LogP contribution in [0.15, 0.2) is 20.3 Å². The van der Waals surface area contributed by atoms with E-state index in [9.17, 15) is 4.79 Å². The van der Waals surface area contributed by atoms with Crippen LogP contribution >= 0.6 is 15.9 Å². The van der Waals surface area contributed by atoms with E-state index in [1.807, 2.05) is 6.92 Å². The van der Waals surface area contributed by atoms with Crippen LogP contribution in [0, 0.1) is 0 Å². The smallest absolute Gasteiger partial charge is 0.346 e. The molecule has 0 radical (unpaired) electrons. The van der Waals surface area contributed by atoms with Gasteiger partial charge in [-0.05, 0) is 22.4 Å². The zero-order valence-electron chi connectivity index (χ0n) is 9.60. The number of methoxy groups -OCH3 is 1. The lowest BCUT2D eigenvalue weighted by Gasteiger charge is -2.01. The maximum absolute atomic E-state index is 10.8. The van der Waals surface area contributed by atoms with Gasteiger partial charge in [0, 0.05) is 6.07 Å². The summed E-state index contributed by atoms with van der Waals surface area (Å²) in [5.74, 6) is 0.0342. The number of hydrogen-bond donors (Lipinski definition) is 0. The molecule has 0 N–H and O–H groups in total. The Morgan fingerprint density at radius 2 is 2.41 bits per heavy atom. The van der Waals surface area contributed by atoms with Crippen molar-refractivity contribution in [2.24, 2.45) is 5.16 Å². The van der Waals surface area contributed by atoms with E-state index < -0.39 is 5.97 Å². The summed E-state index contributed by atoms with van der Waals surface area (Å²) in [5, 5.41) is 7.54. The minimum Gasteiger partial charge on any atom is -0.466 e. The SMILES string of the molecule is CCC/C(=N/OCC(=O)OC)c1cc(Br)no1. The molecule has 0 aromatic carbocycles. The first-order valence-electron chi connectivity index (χ1n) is 5.05. The van der Waals surface area contributed by atoms with Crippen LogP contribution in [0.25, 0.3) is 0 Å². The monoisotopic (exact) mass is 304 g/mol. The van der Waals surface area contributed by atoms with Crippen LogP contribution in [0.4, 0.5) is 0 Å². The predicted molar refractivity (Wildman–Crippen MR) is 63.6 cm³/mol. The molecular formula is C10H13BrN2O4. The van der Waals surface area contributed by atoms with Crippen LogP contribution in [0.1, 0.15) is 25.5 Å². The molecule has 0 aliphatic carbocycles. The molecule has 0 bridgehead atoms. The highest BCUT2D eigenvalue weighted by molar-refractivity contribution is 9.10. The van der Waals surface area contributed by atoms with Gasteiger partial charge in [0.25, 0.3) is 0 Å². The van der Waals surface area contributed by atoms with Gasteiger partial charge in [-0.2, -0.15) is 0 Å². The second-order valence-electron chi connectivity index (χ2n) is 3.15. The van der Waals surface area contributed by atoms with Gasteiger partial charge in [0.2, 0.25) is 6.61 Å². The van der Waals surface area contributed by atoms with Gasteiger partial charge in [0.05, 0.1) is 7.11 Å². The maximum Gasteiger partial charge on any atom is 0.346 e. The highest BCUT2D eigenvalue weighted by Gasteiger charge is 2.10. The fourth-order valence-electron chi connectivity index (χ4n) is 1.06. The van der Waals surface area contributed by atoms with E-state index in [0.29, 0.717) is 22.5 Å². The van der Waals surface area contributed by atoms with E-state index in [1.54, 1.807) is 6.07 Å². The van der Waals surface area contributed by atoms with Crippen molar-refractivity contribution in [1.29, 1.82) is 0 Å². The number of aromatic nitrogens is 1. The lowest BCUT2D eigenvalue weighted by atomic mass is 10.2. The molecule has 94 valence electrons. The van der Waals surface area contributed by atoms with Crippen molar-refractivity contribution in [3.05, 3.63) is 16.4 Å². The topological polar surface area (TPSA) is 73.9 Å². The van der Waals surface area contributed by atoms with Crippen molar-refractivity contribution in [1.82, 2.24) is 5.16 Å². The molecule has 1 rings (SSSR count). The van der Waals surface area contributed by atoms with E-state index in [2.05, 4.69) is 31.0 Å². The minimum absolute atomic E-state index is 0.223. The minimum atomic E-state index is -0.483. The number of esters is 1. The van der Waals surface area contributed by atoms with E-state index in [0.717, 1.165) is 6.42 Å². The number of carbonyl (C=O) groups is 1. The first kappa shape index (κ1) is 13.7. The summed E-state index contributed by atoms with van der Waals surface area (Å²) in [4.78, 5) is 15.7. The molecular weight excluding hydrogens is 292 g/mol. The number of ether oxygens (including phenoxy) is 1. The molecule has 0 aliphatic rings. The Morgan fingerprint density at radius 3 is 2.94 bits per heavy atom. The van der Waals surface area contributed by atoms with Crippen molar-refractivity contribution in [2.45, 2.75) is 19.8 Å². The fraction of sp³-hybridized carbons (Fsp3) is 0.500. The molecule has 1 heterocycles. The number of hydrogen-bond acceptors (Lipinski definition) is 6. The molecule has 6 nitrogen and oxygen atoms in total. The molecule has 0 amide bonds. The van der Waals surface area contributed by atoms with Crippen LogP contribution in [-0.2, 0) is 14.4 Å². The van der Waals surface area contributed by atoms with Crippen LogP contribution in [0.2, 0.25) is 0 Å². The quantitative estimate of drug-likeness (QED) is 0.457. The third kappa shape index (κ3) is 4.56. The molecule has 0 fully saturated rings. The summed E-state index contributed by atoms with van der Waals surface area (Å²) in [6.45, 7) is 1.78. The van der Waals surface area contributed by atoms with Crippen molar-refractivity contribution in [2.75, 3.05) is 13.7 Å². The number of nitrogens with zero attached hydrogens (tertiary/aromatic N) is 2. The average Bonchev–Trinajstić information content (AvgIpc) is 2.74. The zero-order valence-corrected chi connectivity index (χ0v) is 11.2. The molecule has 0 saturated heterocycles. The zero-order chi connectivity index (χ0) is 12.7.